The third-order valence-corrected chi connectivity index (χ3v) is 3.83. The third kappa shape index (κ3) is 1.82. The SMILES string of the molecule is NC1CCCc2cc(OC3CCC3)ccc21. The van der Waals surface area contributed by atoms with Gasteiger partial charge in [-0.1, -0.05) is 6.07 Å². The molecule has 0 aliphatic heterocycles. The number of hydrogen-bond acceptors (Lipinski definition) is 2. The fraction of sp³-hybridized carbons (Fsp3) is 0.571. The Labute approximate surface area is 96.8 Å². The van der Waals surface area contributed by atoms with E-state index in [0.29, 0.717) is 6.10 Å². The number of rotatable bonds is 2. The molecule has 16 heavy (non-hydrogen) atoms. The summed E-state index contributed by atoms with van der Waals surface area (Å²) in [5, 5.41) is 0. The normalized spacial score (nSPS) is 24.7. The molecule has 2 N–H and O–H groups in total. The molecule has 0 bridgehead atoms. The molecule has 2 nitrogen and oxygen atoms in total. The minimum Gasteiger partial charge on any atom is -0.490 e. The fourth-order valence-corrected chi connectivity index (χ4v) is 2.58. The highest BCUT2D eigenvalue weighted by atomic mass is 16.5. The highest BCUT2D eigenvalue weighted by molar-refractivity contribution is 5.39. The molecule has 1 fully saturated rings. The van der Waals surface area contributed by atoms with Crippen LogP contribution in [0.3, 0.4) is 0 Å². The van der Waals surface area contributed by atoms with Crippen LogP contribution in [0.2, 0.25) is 0 Å². The van der Waals surface area contributed by atoms with Crippen molar-refractivity contribution in [2.75, 3.05) is 0 Å². The van der Waals surface area contributed by atoms with Gasteiger partial charge in [0.25, 0.3) is 0 Å². The number of fused-ring (bicyclic) bond motifs is 1. The predicted molar refractivity (Wildman–Crippen MR) is 64.6 cm³/mol. The highest BCUT2D eigenvalue weighted by Crippen LogP contribution is 2.32. The maximum absolute atomic E-state index is 6.09. The monoisotopic (exact) mass is 217 g/mol. The van der Waals surface area contributed by atoms with Crippen molar-refractivity contribution in [1.82, 2.24) is 0 Å². The maximum Gasteiger partial charge on any atom is 0.120 e. The molecule has 0 aromatic heterocycles. The van der Waals surface area contributed by atoms with Gasteiger partial charge >= 0.3 is 0 Å². The number of hydrogen-bond donors (Lipinski definition) is 1. The molecule has 2 aliphatic rings. The Morgan fingerprint density at radius 2 is 2.00 bits per heavy atom. The van der Waals surface area contributed by atoms with Crippen molar-refractivity contribution < 1.29 is 4.74 Å². The molecular formula is C14H19NO. The highest BCUT2D eigenvalue weighted by Gasteiger charge is 2.21. The van der Waals surface area contributed by atoms with E-state index in [4.69, 9.17) is 10.5 Å². The summed E-state index contributed by atoms with van der Waals surface area (Å²) >= 11 is 0. The Hall–Kier alpha value is -1.02. The smallest absolute Gasteiger partial charge is 0.120 e. The van der Waals surface area contributed by atoms with Crippen LogP contribution in [0.4, 0.5) is 0 Å². The summed E-state index contributed by atoms with van der Waals surface area (Å²) < 4.78 is 5.91. The topological polar surface area (TPSA) is 35.2 Å². The Kier molecular flexibility index (Phi) is 2.60. The van der Waals surface area contributed by atoms with Crippen molar-refractivity contribution >= 4 is 0 Å². The Morgan fingerprint density at radius 3 is 2.75 bits per heavy atom. The van der Waals surface area contributed by atoms with Crippen molar-refractivity contribution in [2.45, 2.75) is 50.7 Å². The third-order valence-electron chi connectivity index (χ3n) is 3.83. The van der Waals surface area contributed by atoms with E-state index >= 15 is 0 Å². The zero-order chi connectivity index (χ0) is 11.0. The van der Waals surface area contributed by atoms with Crippen LogP contribution in [0.15, 0.2) is 18.2 Å². The quantitative estimate of drug-likeness (QED) is 0.826. The molecule has 0 radical (unpaired) electrons. The van der Waals surface area contributed by atoms with Gasteiger partial charge in [-0.15, -0.1) is 0 Å². The Balaban J connectivity index is 1.80. The largest absolute Gasteiger partial charge is 0.490 e. The van der Waals surface area contributed by atoms with Crippen LogP contribution in [0.1, 0.15) is 49.3 Å². The molecule has 3 rings (SSSR count). The van der Waals surface area contributed by atoms with Crippen molar-refractivity contribution in [1.29, 1.82) is 0 Å². The van der Waals surface area contributed by atoms with Gasteiger partial charge in [-0.05, 0) is 61.8 Å². The summed E-state index contributed by atoms with van der Waals surface area (Å²) in [4.78, 5) is 0. The van der Waals surface area contributed by atoms with Gasteiger partial charge in [-0.25, -0.2) is 0 Å². The molecule has 1 atom stereocenters. The second-order valence-corrected chi connectivity index (χ2v) is 5.03. The van der Waals surface area contributed by atoms with Gasteiger partial charge in [0.05, 0.1) is 6.10 Å². The molecule has 1 saturated carbocycles. The van der Waals surface area contributed by atoms with Crippen LogP contribution in [0.25, 0.3) is 0 Å². The van der Waals surface area contributed by atoms with Crippen LogP contribution in [-0.2, 0) is 6.42 Å². The molecule has 1 aromatic rings. The number of ether oxygens (including phenoxy) is 1. The lowest BCUT2D eigenvalue weighted by Crippen LogP contribution is -2.25. The molecule has 0 heterocycles. The first-order chi connectivity index (χ1) is 7.83. The number of aryl methyl sites for hydroxylation is 1. The summed E-state index contributed by atoms with van der Waals surface area (Å²) in [5.74, 6) is 1.04. The zero-order valence-electron chi connectivity index (χ0n) is 9.61. The summed E-state index contributed by atoms with van der Waals surface area (Å²) in [5.41, 5.74) is 8.82. The van der Waals surface area contributed by atoms with Crippen molar-refractivity contribution in [3.63, 3.8) is 0 Å². The standard InChI is InChI=1S/C14H19NO/c15-14-6-1-3-10-9-12(7-8-13(10)14)16-11-4-2-5-11/h7-9,11,14H,1-6,15H2. The molecule has 0 spiro atoms. The molecule has 86 valence electrons. The first-order valence-corrected chi connectivity index (χ1v) is 6.38. The van der Waals surface area contributed by atoms with Crippen molar-refractivity contribution in [3.8, 4) is 5.75 Å². The van der Waals surface area contributed by atoms with Crippen LogP contribution in [0, 0.1) is 0 Å². The predicted octanol–water partition coefficient (Wildman–Crippen LogP) is 2.95. The zero-order valence-corrected chi connectivity index (χ0v) is 9.61. The summed E-state index contributed by atoms with van der Waals surface area (Å²) in [6.45, 7) is 0. The lowest BCUT2D eigenvalue weighted by atomic mass is 9.88. The number of nitrogens with two attached hydrogens (primary N) is 1. The van der Waals surface area contributed by atoms with Gasteiger partial charge in [0.15, 0.2) is 0 Å². The average molecular weight is 217 g/mol. The van der Waals surface area contributed by atoms with Crippen molar-refractivity contribution in [2.24, 2.45) is 5.73 Å². The maximum atomic E-state index is 6.09. The Bertz CT molecular complexity index is 384. The van der Waals surface area contributed by atoms with Gasteiger partial charge in [0.1, 0.15) is 5.75 Å². The lowest BCUT2D eigenvalue weighted by Gasteiger charge is -2.28. The van der Waals surface area contributed by atoms with E-state index in [0.717, 1.165) is 18.6 Å². The summed E-state index contributed by atoms with van der Waals surface area (Å²) in [6, 6.07) is 6.68. The van der Waals surface area contributed by atoms with Crippen LogP contribution in [0.5, 0.6) is 5.75 Å². The molecule has 2 heteroatoms. The van der Waals surface area contributed by atoms with Crippen molar-refractivity contribution in [3.05, 3.63) is 29.3 Å². The van der Waals surface area contributed by atoms with Crippen LogP contribution in [-0.4, -0.2) is 6.10 Å². The Morgan fingerprint density at radius 1 is 1.12 bits per heavy atom. The van der Waals surface area contributed by atoms with E-state index in [-0.39, 0.29) is 6.04 Å². The molecule has 1 aromatic carbocycles. The first kappa shape index (κ1) is 10.2. The summed E-state index contributed by atoms with van der Waals surface area (Å²) in [6.07, 6.45) is 7.71. The van der Waals surface area contributed by atoms with E-state index in [1.54, 1.807) is 0 Å². The average Bonchev–Trinajstić information content (AvgIpc) is 2.24. The van der Waals surface area contributed by atoms with E-state index < -0.39 is 0 Å². The van der Waals surface area contributed by atoms with Crippen LogP contribution >= 0.6 is 0 Å². The molecule has 0 saturated heterocycles. The van der Waals surface area contributed by atoms with Gasteiger partial charge in [-0.2, -0.15) is 0 Å². The van der Waals surface area contributed by atoms with Gasteiger partial charge < -0.3 is 10.5 Å². The van der Waals surface area contributed by atoms with Crippen LogP contribution < -0.4 is 10.5 Å². The fourth-order valence-electron chi connectivity index (χ4n) is 2.58. The van der Waals surface area contributed by atoms with E-state index in [1.807, 2.05) is 0 Å². The van der Waals surface area contributed by atoms with Gasteiger partial charge in [0.2, 0.25) is 0 Å². The molecule has 1 unspecified atom stereocenters. The van der Waals surface area contributed by atoms with E-state index in [2.05, 4.69) is 18.2 Å². The molecule has 0 amide bonds. The van der Waals surface area contributed by atoms with Gasteiger partial charge in [-0.3, -0.25) is 0 Å². The van der Waals surface area contributed by atoms with Gasteiger partial charge in [0, 0.05) is 6.04 Å². The van der Waals surface area contributed by atoms with E-state index in [1.165, 1.54) is 36.8 Å². The minimum absolute atomic E-state index is 0.238. The lowest BCUT2D eigenvalue weighted by molar-refractivity contribution is 0.120. The molecule has 2 aliphatic carbocycles. The summed E-state index contributed by atoms with van der Waals surface area (Å²) in [7, 11) is 0. The number of benzene rings is 1. The van der Waals surface area contributed by atoms with E-state index in [9.17, 15) is 0 Å². The second kappa shape index (κ2) is 4.10. The first-order valence-electron chi connectivity index (χ1n) is 6.38. The minimum atomic E-state index is 0.238. The second-order valence-electron chi connectivity index (χ2n) is 5.03. The molecular weight excluding hydrogens is 198 g/mol.